The molecule has 0 aliphatic carbocycles. The fourth-order valence-electron chi connectivity index (χ4n) is 2.64. The minimum atomic E-state index is 0.184. The van der Waals surface area contributed by atoms with Crippen LogP contribution in [0.3, 0.4) is 0 Å². The Hall–Kier alpha value is -1.52. The third-order valence-electron chi connectivity index (χ3n) is 3.78. The molecule has 0 saturated carbocycles. The van der Waals surface area contributed by atoms with Gasteiger partial charge in [0.15, 0.2) is 0 Å². The van der Waals surface area contributed by atoms with Gasteiger partial charge in [0.1, 0.15) is 0 Å². The Morgan fingerprint density at radius 1 is 1.52 bits per heavy atom. The highest BCUT2D eigenvalue weighted by molar-refractivity contribution is 6.30. The van der Waals surface area contributed by atoms with Gasteiger partial charge in [0.25, 0.3) is 0 Å². The van der Waals surface area contributed by atoms with Crippen LogP contribution in [0.4, 0.5) is 5.69 Å². The smallest absolute Gasteiger partial charge is 0.0771 e. The molecule has 1 saturated heterocycles. The van der Waals surface area contributed by atoms with Crippen molar-refractivity contribution in [2.45, 2.75) is 38.5 Å². The predicted octanol–water partition coefficient (Wildman–Crippen LogP) is 3.89. The standard InChI is InChI=1S/C16H20ClN3O/c1-12(13-4-2-5-14(17)8-13)19-15-9-18-20(10-15)11-16-6-3-7-21-16/h2,4-5,8-10,12,16,19H,3,6-7,11H2,1H3. The van der Waals surface area contributed by atoms with Crippen molar-refractivity contribution in [3.8, 4) is 0 Å². The van der Waals surface area contributed by atoms with Crippen LogP contribution >= 0.6 is 11.6 Å². The summed E-state index contributed by atoms with van der Waals surface area (Å²) in [6, 6.07) is 8.09. The third kappa shape index (κ3) is 3.77. The highest BCUT2D eigenvalue weighted by atomic mass is 35.5. The number of hydrogen-bond donors (Lipinski definition) is 1. The van der Waals surface area contributed by atoms with E-state index in [4.69, 9.17) is 16.3 Å². The molecule has 2 unspecified atom stereocenters. The maximum Gasteiger partial charge on any atom is 0.0771 e. The van der Waals surface area contributed by atoms with Crippen molar-refractivity contribution < 1.29 is 4.74 Å². The molecule has 4 nitrogen and oxygen atoms in total. The molecule has 1 aromatic carbocycles. The van der Waals surface area contributed by atoms with Crippen LogP contribution in [0, 0.1) is 0 Å². The van der Waals surface area contributed by atoms with Gasteiger partial charge in [0.05, 0.1) is 24.5 Å². The fourth-order valence-corrected chi connectivity index (χ4v) is 2.84. The Bertz CT molecular complexity index is 593. The number of halogens is 1. The molecule has 3 rings (SSSR count). The van der Waals surface area contributed by atoms with Gasteiger partial charge in [-0.2, -0.15) is 5.10 Å². The van der Waals surface area contributed by atoms with Crippen LogP contribution in [0.15, 0.2) is 36.7 Å². The summed E-state index contributed by atoms with van der Waals surface area (Å²) < 4.78 is 7.58. The second kappa shape index (κ2) is 6.50. The van der Waals surface area contributed by atoms with Crippen LogP contribution in [-0.4, -0.2) is 22.5 Å². The maximum absolute atomic E-state index is 6.03. The van der Waals surface area contributed by atoms with E-state index in [0.29, 0.717) is 6.10 Å². The molecule has 0 radical (unpaired) electrons. The van der Waals surface area contributed by atoms with Crippen LogP contribution < -0.4 is 5.32 Å². The van der Waals surface area contributed by atoms with E-state index >= 15 is 0 Å². The molecule has 0 bridgehead atoms. The number of anilines is 1. The Labute approximate surface area is 130 Å². The average Bonchev–Trinajstić information content (AvgIpc) is 3.11. The van der Waals surface area contributed by atoms with Gasteiger partial charge in [-0.25, -0.2) is 0 Å². The monoisotopic (exact) mass is 305 g/mol. The zero-order valence-electron chi connectivity index (χ0n) is 12.1. The van der Waals surface area contributed by atoms with Crippen LogP contribution in [0.2, 0.25) is 5.02 Å². The van der Waals surface area contributed by atoms with Crippen molar-refractivity contribution in [1.29, 1.82) is 0 Å². The molecular formula is C16H20ClN3O. The molecule has 1 aromatic heterocycles. The lowest BCUT2D eigenvalue weighted by Crippen LogP contribution is -2.15. The Kier molecular flexibility index (Phi) is 4.46. The zero-order chi connectivity index (χ0) is 14.7. The summed E-state index contributed by atoms with van der Waals surface area (Å²) in [6.07, 6.45) is 6.48. The van der Waals surface area contributed by atoms with Crippen molar-refractivity contribution in [3.63, 3.8) is 0 Å². The van der Waals surface area contributed by atoms with Gasteiger partial charge in [-0.15, -0.1) is 0 Å². The Morgan fingerprint density at radius 3 is 3.19 bits per heavy atom. The summed E-state index contributed by atoms with van der Waals surface area (Å²) >= 11 is 6.03. The molecule has 1 aliphatic heterocycles. The molecule has 1 fully saturated rings. The van der Waals surface area contributed by atoms with Gasteiger partial charge in [-0.3, -0.25) is 4.68 Å². The minimum Gasteiger partial charge on any atom is -0.376 e. The normalized spacial score (nSPS) is 19.6. The first-order valence-electron chi connectivity index (χ1n) is 7.37. The summed E-state index contributed by atoms with van der Waals surface area (Å²) in [4.78, 5) is 0. The number of hydrogen-bond acceptors (Lipinski definition) is 3. The van der Waals surface area contributed by atoms with Crippen LogP contribution in [0.25, 0.3) is 0 Å². The van der Waals surface area contributed by atoms with E-state index in [9.17, 15) is 0 Å². The van der Waals surface area contributed by atoms with Crippen molar-refractivity contribution in [2.24, 2.45) is 0 Å². The molecule has 5 heteroatoms. The van der Waals surface area contributed by atoms with E-state index in [1.807, 2.05) is 35.3 Å². The molecule has 1 aliphatic rings. The Morgan fingerprint density at radius 2 is 2.43 bits per heavy atom. The Balaban J connectivity index is 1.61. The molecule has 2 atom stereocenters. The van der Waals surface area contributed by atoms with Gasteiger partial charge in [0.2, 0.25) is 0 Å². The van der Waals surface area contributed by atoms with E-state index in [1.165, 1.54) is 0 Å². The number of nitrogens with one attached hydrogen (secondary N) is 1. The topological polar surface area (TPSA) is 39.1 Å². The third-order valence-corrected chi connectivity index (χ3v) is 4.01. The maximum atomic E-state index is 6.03. The molecule has 0 spiro atoms. The molecular weight excluding hydrogens is 286 g/mol. The van der Waals surface area contributed by atoms with E-state index < -0.39 is 0 Å². The molecule has 2 heterocycles. The SMILES string of the molecule is CC(Nc1cnn(CC2CCCO2)c1)c1cccc(Cl)c1. The van der Waals surface area contributed by atoms with Crippen LogP contribution in [0.1, 0.15) is 31.4 Å². The number of rotatable bonds is 5. The quantitative estimate of drug-likeness (QED) is 0.911. The highest BCUT2D eigenvalue weighted by Gasteiger charge is 2.16. The summed E-state index contributed by atoms with van der Waals surface area (Å²) in [5.41, 5.74) is 2.18. The zero-order valence-corrected chi connectivity index (χ0v) is 12.9. The van der Waals surface area contributed by atoms with Crippen molar-refractivity contribution >= 4 is 17.3 Å². The van der Waals surface area contributed by atoms with Crippen molar-refractivity contribution in [3.05, 3.63) is 47.2 Å². The van der Waals surface area contributed by atoms with Gasteiger partial charge < -0.3 is 10.1 Å². The van der Waals surface area contributed by atoms with Gasteiger partial charge >= 0.3 is 0 Å². The van der Waals surface area contributed by atoms with E-state index in [-0.39, 0.29) is 6.04 Å². The molecule has 2 aromatic rings. The van der Waals surface area contributed by atoms with Crippen molar-refractivity contribution in [1.82, 2.24) is 9.78 Å². The predicted molar refractivity (Wildman–Crippen MR) is 84.7 cm³/mol. The first kappa shape index (κ1) is 14.4. The number of aromatic nitrogens is 2. The number of benzene rings is 1. The minimum absolute atomic E-state index is 0.184. The summed E-state index contributed by atoms with van der Waals surface area (Å²) in [5, 5.41) is 8.60. The first-order valence-corrected chi connectivity index (χ1v) is 7.74. The first-order chi connectivity index (χ1) is 10.2. The lowest BCUT2D eigenvalue weighted by molar-refractivity contribution is 0.0940. The van der Waals surface area contributed by atoms with Crippen LogP contribution in [0.5, 0.6) is 0 Å². The molecule has 0 amide bonds. The lowest BCUT2D eigenvalue weighted by atomic mass is 10.1. The summed E-state index contributed by atoms with van der Waals surface area (Å²) in [6.45, 7) is 3.82. The van der Waals surface area contributed by atoms with E-state index in [0.717, 1.165) is 42.3 Å². The number of nitrogens with zero attached hydrogens (tertiary/aromatic N) is 2. The summed E-state index contributed by atoms with van der Waals surface area (Å²) in [5.74, 6) is 0. The fraction of sp³-hybridized carbons (Fsp3) is 0.438. The van der Waals surface area contributed by atoms with Gasteiger partial charge in [-0.05, 0) is 37.5 Å². The summed E-state index contributed by atoms with van der Waals surface area (Å²) in [7, 11) is 0. The van der Waals surface area contributed by atoms with Crippen molar-refractivity contribution in [2.75, 3.05) is 11.9 Å². The highest BCUT2D eigenvalue weighted by Crippen LogP contribution is 2.22. The molecule has 21 heavy (non-hydrogen) atoms. The molecule has 1 N–H and O–H groups in total. The lowest BCUT2D eigenvalue weighted by Gasteiger charge is -2.14. The van der Waals surface area contributed by atoms with E-state index in [2.05, 4.69) is 23.4 Å². The second-order valence-electron chi connectivity index (χ2n) is 5.51. The van der Waals surface area contributed by atoms with Gasteiger partial charge in [-0.1, -0.05) is 23.7 Å². The van der Waals surface area contributed by atoms with E-state index in [1.54, 1.807) is 0 Å². The molecule has 112 valence electrons. The van der Waals surface area contributed by atoms with Gasteiger partial charge in [0, 0.05) is 23.9 Å². The second-order valence-corrected chi connectivity index (χ2v) is 5.94. The number of ether oxygens (including phenoxy) is 1. The average molecular weight is 306 g/mol. The van der Waals surface area contributed by atoms with Crippen LogP contribution in [-0.2, 0) is 11.3 Å². The largest absolute Gasteiger partial charge is 0.376 e.